The van der Waals surface area contributed by atoms with Gasteiger partial charge in [0.1, 0.15) is 9.88 Å². The lowest BCUT2D eigenvalue weighted by molar-refractivity contribution is 0.0701. The molecule has 2 aromatic heterocycles. The molecule has 6 heteroatoms. The van der Waals surface area contributed by atoms with Crippen LogP contribution in [0, 0.1) is 19.8 Å². The van der Waals surface area contributed by atoms with Crippen molar-refractivity contribution in [2.75, 3.05) is 0 Å². The first-order valence-corrected chi connectivity index (χ1v) is 8.98. The van der Waals surface area contributed by atoms with Gasteiger partial charge in [-0.05, 0) is 38.0 Å². The molecule has 0 fully saturated rings. The molecule has 0 aliphatic heterocycles. The number of benzene rings is 1. The molecule has 0 aliphatic carbocycles. The standard InChI is InChI=1S/C18H19ClN2O2S/c1-9(2)8-21-11(4)15(19)13-7-12(5-6-14(13)21)17-20-10(3)16(24-17)18(22)23/h5-7,9H,8H2,1-4H3,(H,22,23). The van der Waals surface area contributed by atoms with E-state index in [0.717, 1.165) is 33.7 Å². The molecule has 0 aliphatic rings. The second kappa shape index (κ2) is 6.22. The average molecular weight is 363 g/mol. The number of carbonyl (C=O) groups is 1. The summed E-state index contributed by atoms with van der Waals surface area (Å²) >= 11 is 7.74. The summed E-state index contributed by atoms with van der Waals surface area (Å²) in [5, 5.41) is 11.6. The molecule has 4 nitrogen and oxygen atoms in total. The van der Waals surface area contributed by atoms with Crippen molar-refractivity contribution >= 4 is 39.8 Å². The van der Waals surface area contributed by atoms with Crippen molar-refractivity contribution in [2.24, 2.45) is 5.92 Å². The molecule has 0 amide bonds. The molecule has 2 heterocycles. The van der Waals surface area contributed by atoms with Crippen molar-refractivity contribution in [3.05, 3.63) is 39.5 Å². The lowest BCUT2D eigenvalue weighted by Gasteiger charge is -2.11. The largest absolute Gasteiger partial charge is 0.477 e. The Morgan fingerprint density at radius 2 is 2.08 bits per heavy atom. The van der Waals surface area contributed by atoms with Gasteiger partial charge < -0.3 is 9.67 Å². The van der Waals surface area contributed by atoms with E-state index >= 15 is 0 Å². The Labute approximate surface area is 149 Å². The van der Waals surface area contributed by atoms with Gasteiger partial charge in [0.25, 0.3) is 0 Å². The van der Waals surface area contributed by atoms with Crippen LogP contribution in [0.5, 0.6) is 0 Å². The number of thiazole rings is 1. The first kappa shape index (κ1) is 17.0. The summed E-state index contributed by atoms with van der Waals surface area (Å²) < 4.78 is 2.24. The van der Waals surface area contributed by atoms with Gasteiger partial charge in [0.05, 0.1) is 10.7 Å². The van der Waals surface area contributed by atoms with Crippen LogP contribution in [0.4, 0.5) is 0 Å². The third-order valence-corrected chi connectivity index (χ3v) is 5.70. The zero-order valence-corrected chi connectivity index (χ0v) is 15.6. The van der Waals surface area contributed by atoms with Gasteiger partial charge in [-0.15, -0.1) is 11.3 Å². The molecule has 0 unspecified atom stereocenters. The van der Waals surface area contributed by atoms with Crippen LogP contribution >= 0.6 is 22.9 Å². The van der Waals surface area contributed by atoms with Crippen LogP contribution in [0.15, 0.2) is 18.2 Å². The van der Waals surface area contributed by atoms with Gasteiger partial charge >= 0.3 is 5.97 Å². The van der Waals surface area contributed by atoms with Crippen LogP contribution in [0.2, 0.25) is 5.02 Å². The third kappa shape index (κ3) is 2.82. The minimum atomic E-state index is -0.936. The summed E-state index contributed by atoms with van der Waals surface area (Å²) in [5.41, 5.74) is 3.59. The number of halogens is 1. The zero-order chi connectivity index (χ0) is 17.6. The minimum Gasteiger partial charge on any atom is -0.477 e. The van der Waals surface area contributed by atoms with E-state index < -0.39 is 5.97 Å². The van der Waals surface area contributed by atoms with Crippen molar-refractivity contribution in [3.8, 4) is 10.6 Å². The van der Waals surface area contributed by atoms with E-state index in [-0.39, 0.29) is 4.88 Å². The molecule has 0 atom stereocenters. The number of carboxylic acids is 1. The summed E-state index contributed by atoms with van der Waals surface area (Å²) in [5.74, 6) is -0.413. The van der Waals surface area contributed by atoms with Gasteiger partial charge in [-0.3, -0.25) is 0 Å². The van der Waals surface area contributed by atoms with Crippen LogP contribution in [0.3, 0.4) is 0 Å². The van der Waals surface area contributed by atoms with E-state index in [1.54, 1.807) is 6.92 Å². The lowest BCUT2D eigenvalue weighted by atomic mass is 10.1. The van der Waals surface area contributed by atoms with Crippen molar-refractivity contribution < 1.29 is 9.90 Å². The fraction of sp³-hybridized carbons (Fsp3) is 0.333. The minimum absolute atomic E-state index is 0.282. The summed E-state index contributed by atoms with van der Waals surface area (Å²) in [6.45, 7) is 9.02. The second-order valence-corrected chi connectivity index (χ2v) is 7.75. The molecular weight excluding hydrogens is 344 g/mol. The van der Waals surface area contributed by atoms with Crippen LogP contribution in [0.25, 0.3) is 21.5 Å². The highest BCUT2D eigenvalue weighted by Gasteiger charge is 2.18. The van der Waals surface area contributed by atoms with Crippen LogP contribution < -0.4 is 0 Å². The maximum absolute atomic E-state index is 11.2. The molecular formula is C18H19ClN2O2S. The highest BCUT2D eigenvalue weighted by molar-refractivity contribution is 7.17. The predicted octanol–water partition coefficient (Wildman–Crippen LogP) is 5.39. The SMILES string of the molecule is Cc1nc(-c2ccc3c(c2)c(Cl)c(C)n3CC(C)C)sc1C(=O)O. The number of hydrogen-bond donors (Lipinski definition) is 1. The number of aromatic nitrogens is 2. The molecule has 1 aromatic carbocycles. The summed E-state index contributed by atoms with van der Waals surface area (Å²) in [7, 11) is 0. The summed E-state index contributed by atoms with van der Waals surface area (Å²) in [6.07, 6.45) is 0. The van der Waals surface area contributed by atoms with Crippen LogP contribution in [-0.2, 0) is 6.54 Å². The molecule has 3 rings (SSSR count). The van der Waals surface area contributed by atoms with Crippen molar-refractivity contribution in [2.45, 2.75) is 34.2 Å². The second-order valence-electron chi connectivity index (χ2n) is 6.37. The Kier molecular flexibility index (Phi) is 4.40. The number of fused-ring (bicyclic) bond motifs is 1. The Morgan fingerprint density at radius 3 is 2.67 bits per heavy atom. The Morgan fingerprint density at radius 1 is 1.38 bits per heavy atom. The predicted molar refractivity (Wildman–Crippen MR) is 99.3 cm³/mol. The number of hydrogen-bond acceptors (Lipinski definition) is 3. The highest BCUT2D eigenvalue weighted by Crippen LogP contribution is 2.35. The molecule has 126 valence electrons. The van der Waals surface area contributed by atoms with Gasteiger partial charge in [0, 0.05) is 28.7 Å². The molecule has 1 N–H and O–H groups in total. The lowest BCUT2D eigenvalue weighted by Crippen LogP contribution is -2.05. The number of carboxylic acid groups (broad SMARTS) is 1. The molecule has 0 spiro atoms. The number of aromatic carboxylic acids is 1. The molecule has 0 bridgehead atoms. The molecule has 3 aromatic rings. The number of aryl methyl sites for hydroxylation is 1. The van der Waals surface area contributed by atoms with Crippen molar-refractivity contribution in [1.82, 2.24) is 9.55 Å². The monoisotopic (exact) mass is 362 g/mol. The van der Waals surface area contributed by atoms with Crippen LogP contribution in [-0.4, -0.2) is 20.6 Å². The normalized spacial score (nSPS) is 11.6. The van der Waals surface area contributed by atoms with Crippen molar-refractivity contribution in [1.29, 1.82) is 0 Å². The quantitative estimate of drug-likeness (QED) is 0.677. The van der Waals surface area contributed by atoms with Crippen LogP contribution in [0.1, 0.15) is 34.9 Å². The van der Waals surface area contributed by atoms with E-state index in [9.17, 15) is 9.90 Å². The Bertz CT molecular complexity index is 940. The van der Waals surface area contributed by atoms with E-state index in [0.29, 0.717) is 16.6 Å². The fourth-order valence-electron chi connectivity index (χ4n) is 2.89. The molecule has 24 heavy (non-hydrogen) atoms. The summed E-state index contributed by atoms with van der Waals surface area (Å²) in [6, 6.07) is 6.04. The summed E-state index contributed by atoms with van der Waals surface area (Å²) in [4.78, 5) is 15.9. The fourth-order valence-corrected chi connectivity index (χ4v) is 4.05. The zero-order valence-electron chi connectivity index (χ0n) is 14.1. The van der Waals surface area contributed by atoms with E-state index in [4.69, 9.17) is 11.6 Å². The average Bonchev–Trinajstić information content (AvgIpc) is 3.01. The Balaban J connectivity index is 2.14. The maximum Gasteiger partial charge on any atom is 0.347 e. The number of rotatable bonds is 4. The van der Waals surface area contributed by atoms with E-state index in [1.807, 2.05) is 25.1 Å². The molecule has 0 saturated carbocycles. The number of nitrogens with zero attached hydrogens (tertiary/aromatic N) is 2. The smallest absolute Gasteiger partial charge is 0.347 e. The van der Waals surface area contributed by atoms with E-state index in [1.165, 1.54) is 11.3 Å². The van der Waals surface area contributed by atoms with Gasteiger partial charge in [-0.2, -0.15) is 0 Å². The van der Waals surface area contributed by atoms with Gasteiger partial charge in [-0.1, -0.05) is 25.4 Å². The van der Waals surface area contributed by atoms with Crippen molar-refractivity contribution in [3.63, 3.8) is 0 Å². The molecule has 0 radical (unpaired) electrons. The van der Waals surface area contributed by atoms with Gasteiger partial charge in [0.15, 0.2) is 0 Å². The van der Waals surface area contributed by atoms with E-state index in [2.05, 4.69) is 23.4 Å². The first-order chi connectivity index (χ1) is 11.3. The maximum atomic E-state index is 11.2. The highest BCUT2D eigenvalue weighted by atomic mass is 35.5. The Hall–Kier alpha value is -1.85. The topological polar surface area (TPSA) is 55.1 Å². The third-order valence-electron chi connectivity index (χ3n) is 4.03. The van der Waals surface area contributed by atoms with Gasteiger partial charge in [0.2, 0.25) is 0 Å². The molecule has 0 saturated heterocycles. The first-order valence-electron chi connectivity index (χ1n) is 7.79. The van der Waals surface area contributed by atoms with Gasteiger partial charge in [-0.25, -0.2) is 9.78 Å².